The molecule has 22 heavy (non-hydrogen) atoms. The summed E-state index contributed by atoms with van der Waals surface area (Å²) in [7, 11) is 0. The highest BCUT2D eigenvalue weighted by Gasteiger charge is 2.16. The second kappa shape index (κ2) is 5.26. The number of rotatable bonds is 4. The van der Waals surface area contributed by atoms with E-state index in [1.54, 1.807) is 18.4 Å². The Balaban J connectivity index is 1.61. The van der Waals surface area contributed by atoms with Gasteiger partial charge in [-0.1, -0.05) is 0 Å². The van der Waals surface area contributed by atoms with Crippen LogP contribution in [0.3, 0.4) is 0 Å². The third kappa shape index (κ3) is 2.35. The topological polar surface area (TPSA) is 119 Å². The molecule has 9 heteroatoms. The standard InChI is InChI=1S/C13H16N8O/c14-11-18-12(16-7-8-3-1-5-15-8)19-13-17-10(20-21(11)13)9-4-2-6-22-9/h2,4,6,8,15H,1,3,5,7H2,(H3,14,16,17,18,19,20). The van der Waals surface area contributed by atoms with Crippen molar-refractivity contribution in [2.75, 3.05) is 24.1 Å². The van der Waals surface area contributed by atoms with Gasteiger partial charge in [0.25, 0.3) is 5.78 Å². The van der Waals surface area contributed by atoms with Crippen LogP contribution in [0, 0.1) is 0 Å². The predicted octanol–water partition coefficient (Wildman–Crippen LogP) is 0.525. The maximum Gasteiger partial charge on any atom is 0.259 e. The monoisotopic (exact) mass is 300 g/mol. The fourth-order valence-corrected chi connectivity index (χ4v) is 2.54. The maximum atomic E-state index is 5.93. The van der Waals surface area contributed by atoms with Crippen LogP contribution in [-0.4, -0.2) is 43.7 Å². The lowest BCUT2D eigenvalue weighted by Gasteiger charge is -2.11. The van der Waals surface area contributed by atoms with Crippen LogP contribution in [0.5, 0.6) is 0 Å². The Bertz CT molecular complexity index is 775. The van der Waals surface area contributed by atoms with Crippen molar-refractivity contribution in [1.82, 2.24) is 29.9 Å². The van der Waals surface area contributed by atoms with Crippen LogP contribution in [0.15, 0.2) is 22.8 Å². The Hall–Kier alpha value is -2.68. The van der Waals surface area contributed by atoms with E-state index in [0.717, 1.165) is 19.5 Å². The fraction of sp³-hybridized carbons (Fsp3) is 0.385. The Labute approximate surface area is 126 Å². The number of nitrogens with zero attached hydrogens (tertiary/aromatic N) is 5. The molecule has 0 saturated carbocycles. The van der Waals surface area contributed by atoms with Crippen LogP contribution in [0.25, 0.3) is 17.4 Å². The van der Waals surface area contributed by atoms with Crippen LogP contribution < -0.4 is 16.4 Å². The summed E-state index contributed by atoms with van der Waals surface area (Å²) in [6.07, 6.45) is 3.92. The van der Waals surface area contributed by atoms with Crippen molar-refractivity contribution in [2.45, 2.75) is 18.9 Å². The molecule has 1 fully saturated rings. The molecule has 114 valence electrons. The van der Waals surface area contributed by atoms with E-state index < -0.39 is 0 Å². The van der Waals surface area contributed by atoms with Crippen LogP contribution >= 0.6 is 0 Å². The van der Waals surface area contributed by atoms with Gasteiger partial charge in [-0.15, -0.1) is 5.10 Å². The predicted molar refractivity (Wildman–Crippen MR) is 80.2 cm³/mol. The number of nitrogens with two attached hydrogens (primary N) is 1. The minimum atomic E-state index is 0.234. The summed E-state index contributed by atoms with van der Waals surface area (Å²) >= 11 is 0. The second-order valence-corrected chi connectivity index (χ2v) is 5.20. The smallest absolute Gasteiger partial charge is 0.259 e. The molecule has 4 rings (SSSR count). The van der Waals surface area contributed by atoms with E-state index in [0.29, 0.717) is 29.4 Å². The van der Waals surface area contributed by atoms with Gasteiger partial charge < -0.3 is 20.8 Å². The lowest BCUT2D eigenvalue weighted by molar-refractivity contribution is 0.577. The zero-order chi connectivity index (χ0) is 14.9. The molecule has 3 aromatic rings. The van der Waals surface area contributed by atoms with Gasteiger partial charge in [-0.05, 0) is 31.5 Å². The van der Waals surface area contributed by atoms with Gasteiger partial charge in [0.15, 0.2) is 5.76 Å². The molecular formula is C13H16N8O. The van der Waals surface area contributed by atoms with E-state index in [1.807, 2.05) is 0 Å². The van der Waals surface area contributed by atoms with E-state index in [-0.39, 0.29) is 5.95 Å². The average Bonchev–Trinajstić information content (AvgIpc) is 3.25. The SMILES string of the molecule is Nc1nc(NCC2CCCN2)nc2nc(-c3ccco3)nn12. The van der Waals surface area contributed by atoms with Crippen molar-refractivity contribution in [3.05, 3.63) is 18.4 Å². The van der Waals surface area contributed by atoms with Gasteiger partial charge in [-0.25, -0.2) is 0 Å². The highest BCUT2D eigenvalue weighted by Crippen LogP contribution is 2.17. The van der Waals surface area contributed by atoms with Gasteiger partial charge >= 0.3 is 0 Å². The molecule has 1 aliphatic rings. The van der Waals surface area contributed by atoms with Crippen LogP contribution in [0.1, 0.15) is 12.8 Å². The Morgan fingerprint density at radius 3 is 3.14 bits per heavy atom. The zero-order valence-electron chi connectivity index (χ0n) is 11.9. The van der Waals surface area contributed by atoms with Gasteiger partial charge in [-0.3, -0.25) is 0 Å². The summed E-state index contributed by atoms with van der Waals surface area (Å²) in [5.41, 5.74) is 5.93. The first kappa shape index (κ1) is 13.0. The molecule has 0 spiro atoms. The van der Waals surface area contributed by atoms with Crippen LogP contribution in [-0.2, 0) is 0 Å². The molecule has 0 radical (unpaired) electrons. The highest BCUT2D eigenvalue weighted by atomic mass is 16.3. The molecular weight excluding hydrogens is 284 g/mol. The molecule has 1 saturated heterocycles. The second-order valence-electron chi connectivity index (χ2n) is 5.20. The summed E-state index contributed by atoms with van der Waals surface area (Å²) in [6.45, 7) is 1.82. The van der Waals surface area contributed by atoms with E-state index in [9.17, 15) is 0 Å². The molecule has 4 heterocycles. The van der Waals surface area contributed by atoms with E-state index in [1.165, 1.54) is 10.9 Å². The first-order valence-corrected chi connectivity index (χ1v) is 7.21. The molecule has 0 aliphatic carbocycles. The minimum Gasteiger partial charge on any atom is -0.461 e. The maximum absolute atomic E-state index is 5.93. The zero-order valence-corrected chi connectivity index (χ0v) is 11.9. The lowest BCUT2D eigenvalue weighted by Crippen LogP contribution is -2.30. The third-order valence-corrected chi connectivity index (χ3v) is 3.64. The Morgan fingerprint density at radius 2 is 2.36 bits per heavy atom. The van der Waals surface area contributed by atoms with Gasteiger partial charge in [-0.2, -0.15) is 19.5 Å². The van der Waals surface area contributed by atoms with E-state index >= 15 is 0 Å². The van der Waals surface area contributed by atoms with Gasteiger partial charge in [0, 0.05) is 12.6 Å². The third-order valence-electron chi connectivity index (χ3n) is 3.64. The number of nitrogen functional groups attached to an aromatic ring is 1. The van der Waals surface area contributed by atoms with Crippen molar-refractivity contribution in [2.24, 2.45) is 0 Å². The number of fused-ring (bicyclic) bond motifs is 1. The summed E-state index contributed by atoms with van der Waals surface area (Å²) in [5, 5.41) is 10.9. The van der Waals surface area contributed by atoms with Crippen molar-refractivity contribution in [3.63, 3.8) is 0 Å². The quantitative estimate of drug-likeness (QED) is 0.638. The fourth-order valence-electron chi connectivity index (χ4n) is 2.54. The van der Waals surface area contributed by atoms with Gasteiger partial charge in [0.2, 0.25) is 17.7 Å². The molecule has 4 N–H and O–H groups in total. The largest absolute Gasteiger partial charge is 0.461 e. The van der Waals surface area contributed by atoms with Crippen molar-refractivity contribution >= 4 is 17.7 Å². The number of aromatic nitrogens is 5. The molecule has 0 aromatic carbocycles. The van der Waals surface area contributed by atoms with E-state index in [4.69, 9.17) is 10.2 Å². The van der Waals surface area contributed by atoms with Gasteiger partial charge in [0.1, 0.15) is 0 Å². The van der Waals surface area contributed by atoms with E-state index in [2.05, 4.69) is 30.7 Å². The highest BCUT2D eigenvalue weighted by molar-refractivity contribution is 5.52. The lowest BCUT2D eigenvalue weighted by atomic mass is 10.2. The van der Waals surface area contributed by atoms with Crippen LogP contribution in [0.4, 0.5) is 11.9 Å². The molecule has 1 unspecified atom stereocenters. The summed E-state index contributed by atoms with van der Waals surface area (Å²) in [6, 6.07) is 4.00. The summed E-state index contributed by atoms with van der Waals surface area (Å²) in [4.78, 5) is 12.9. The van der Waals surface area contributed by atoms with Crippen LogP contribution in [0.2, 0.25) is 0 Å². The molecule has 1 aliphatic heterocycles. The number of hydrogen-bond donors (Lipinski definition) is 3. The summed E-state index contributed by atoms with van der Waals surface area (Å²) in [5.74, 6) is 2.07. The van der Waals surface area contributed by atoms with Crippen molar-refractivity contribution < 1.29 is 4.42 Å². The first-order valence-electron chi connectivity index (χ1n) is 7.21. The number of anilines is 2. The number of hydrogen-bond acceptors (Lipinski definition) is 8. The Morgan fingerprint density at radius 1 is 1.41 bits per heavy atom. The summed E-state index contributed by atoms with van der Waals surface area (Å²) < 4.78 is 6.68. The number of furan rings is 1. The first-order chi connectivity index (χ1) is 10.8. The average molecular weight is 300 g/mol. The molecule has 1 atom stereocenters. The van der Waals surface area contributed by atoms with Crippen molar-refractivity contribution in [1.29, 1.82) is 0 Å². The molecule has 0 amide bonds. The van der Waals surface area contributed by atoms with Gasteiger partial charge in [0.05, 0.1) is 6.26 Å². The minimum absolute atomic E-state index is 0.234. The molecule has 0 bridgehead atoms. The molecule has 9 nitrogen and oxygen atoms in total. The molecule has 3 aromatic heterocycles. The van der Waals surface area contributed by atoms with Crippen molar-refractivity contribution in [3.8, 4) is 11.6 Å². The Kier molecular flexibility index (Phi) is 3.11. The normalized spacial score (nSPS) is 18.1. The number of nitrogens with one attached hydrogen (secondary N) is 2.